The molecule has 3 aromatic carbocycles. The van der Waals surface area contributed by atoms with E-state index < -0.39 is 11.9 Å². The maximum Gasteiger partial charge on any atom is 0.363 e. The van der Waals surface area contributed by atoms with Crippen LogP contribution >= 0.6 is 71.0 Å². The summed E-state index contributed by atoms with van der Waals surface area (Å²) < 4.78 is 13.0. The van der Waals surface area contributed by atoms with E-state index in [1.165, 1.54) is 12.1 Å². The molecule has 1 heterocycles. The van der Waals surface area contributed by atoms with Crippen molar-refractivity contribution in [3.05, 3.63) is 100 Å². The highest BCUT2D eigenvalue weighted by molar-refractivity contribution is 9.11. The summed E-state index contributed by atoms with van der Waals surface area (Å²) in [6, 6.07) is 14.9. The molecular formula is C23H10Br3Cl2NO4. The Kier molecular flexibility index (Phi) is 7.40. The minimum atomic E-state index is -0.669. The zero-order valence-electron chi connectivity index (χ0n) is 16.2. The van der Waals surface area contributed by atoms with Crippen LogP contribution in [0.5, 0.6) is 5.75 Å². The molecule has 0 saturated carbocycles. The van der Waals surface area contributed by atoms with Crippen molar-refractivity contribution in [3.8, 4) is 5.75 Å². The third-order valence-electron chi connectivity index (χ3n) is 4.39. The highest BCUT2D eigenvalue weighted by Gasteiger charge is 2.27. The minimum absolute atomic E-state index is 0.0157. The summed E-state index contributed by atoms with van der Waals surface area (Å²) in [7, 11) is 0. The first-order valence-corrected chi connectivity index (χ1v) is 12.3. The summed E-state index contributed by atoms with van der Waals surface area (Å²) in [5, 5.41) is 0.741. The van der Waals surface area contributed by atoms with Crippen LogP contribution in [0.2, 0.25) is 10.0 Å². The Bertz CT molecular complexity index is 1350. The van der Waals surface area contributed by atoms with Crippen molar-refractivity contribution in [1.82, 2.24) is 0 Å². The Morgan fingerprint density at radius 3 is 2.39 bits per heavy atom. The average Bonchev–Trinajstić information content (AvgIpc) is 3.10. The van der Waals surface area contributed by atoms with Gasteiger partial charge in [-0.05, 0) is 76.6 Å². The maximum absolute atomic E-state index is 12.7. The van der Waals surface area contributed by atoms with Gasteiger partial charge < -0.3 is 9.47 Å². The van der Waals surface area contributed by atoms with E-state index in [4.69, 9.17) is 32.7 Å². The molecule has 4 rings (SSSR count). The first-order chi connectivity index (χ1) is 15.7. The fraction of sp³-hybridized carbons (Fsp3) is 0. The number of hydrogen-bond acceptors (Lipinski definition) is 5. The van der Waals surface area contributed by atoms with Gasteiger partial charge in [0.15, 0.2) is 11.4 Å². The Hall–Kier alpha value is -1.97. The number of esters is 2. The SMILES string of the molecule is O=C1OC(c2ccc(Cl)cc2Cl)=N/C1=C\c1cc(Br)cc(Br)c1OC(=O)c1ccc(Br)cc1. The number of nitrogens with zero attached hydrogens (tertiary/aromatic N) is 1. The number of cyclic esters (lactones) is 1. The van der Waals surface area contributed by atoms with Crippen molar-refractivity contribution in [1.29, 1.82) is 0 Å². The fourth-order valence-electron chi connectivity index (χ4n) is 2.87. The molecule has 0 aromatic heterocycles. The number of hydrogen-bond donors (Lipinski definition) is 0. The van der Waals surface area contributed by atoms with Gasteiger partial charge in [-0.1, -0.05) is 55.1 Å². The average molecular weight is 675 g/mol. The zero-order chi connectivity index (χ0) is 23.7. The maximum atomic E-state index is 12.7. The molecule has 0 N–H and O–H groups in total. The van der Waals surface area contributed by atoms with Crippen LogP contribution in [-0.4, -0.2) is 17.8 Å². The smallest absolute Gasteiger partial charge is 0.363 e. The van der Waals surface area contributed by atoms with Crippen LogP contribution in [-0.2, 0) is 9.53 Å². The highest BCUT2D eigenvalue weighted by atomic mass is 79.9. The van der Waals surface area contributed by atoms with Gasteiger partial charge in [0.25, 0.3) is 0 Å². The molecule has 0 unspecified atom stereocenters. The molecule has 0 spiro atoms. The predicted octanol–water partition coefficient (Wildman–Crippen LogP) is 7.84. The molecule has 0 radical (unpaired) electrons. The van der Waals surface area contributed by atoms with Crippen LogP contribution in [0.1, 0.15) is 21.5 Å². The number of rotatable bonds is 4. The number of benzene rings is 3. The minimum Gasteiger partial charge on any atom is -0.421 e. The van der Waals surface area contributed by atoms with Crippen LogP contribution in [0, 0.1) is 0 Å². The Labute approximate surface area is 223 Å². The molecule has 166 valence electrons. The molecule has 5 nitrogen and oxygen atoms in total. The van der Waals surface area contributed by atoms with Gasteiger partial charge in [-0.2, -0.15) is 0 Å². The van der Waals surface area contributed by atoms with Crippen molar-refractivity contribution in [2.24, 2.45) is 4.99 Å². The molecule has 1 aliphatic heterocycles. The third kappa shape index (κ3) is 5.58. The summed E-state index contributed by atoms with van der Waals surface area (Å²) in [6.45, 7) is 0. The molecule has 0 aliphatic carbocycles. The second-order valence-electron chi connectivity index (χ2n) is 6.66. The molecule has 33 heavy (non-hydrogen) atoms. The second kappa shape index (κ2) is 10.1. The van der Waals surface area contributed by atoms with E-state index in [9.17, 15) is 9.59 Å². The van der Waals surface area contributed by atoms with Crippen LogP contribution in [0.4, 0.5) is 0 Å². The molecule has 1 aliphatic rings. The van der Waals surface area contributed by atoms with Gasteiger partial charge in [-0.15, -0.1) is 0 Å². The lowest BCUT2D eigenvalue weighted by Gasteiger charge is -2.11. The van der Waals surface area contributed by atoms with Gasteiger partial charge in [0.2, 0.25) is 5.90 Å². The summed E-state index contributed by atoms with van der Waals surface area (Å²) in [4.78, 5) is 29.4. The Morgan fingerprint density at radius 1 is 0.970 bits per heavy atom. The van der Waals surface area contributed by atoms with Crippen LogP contribution < -0.4 is 4.74 Å². The topological polar surface area (TPSA) is 65.0 Å². The van der Waals surface area contributed by atoms with Gasteiger partial charge in [0.1, 0.15) is 0 Å². The first kappa shape index (κ1) is 24.2. The van der Waals surface area contributed by atoms with Gasteiger partial charge >= 0.3 is 11.9 Å². The first-order valence-electron chi connectivity index (χ1n) is 9.16. The quantitative estimate of drug-likeness (QED) is 0.161. The van der Waals surface area contributed by atoms with Crippen molar-refractivity contribution in [2.45, 2.75) is 0 Å². The molecule has 0 fully saturated rings. The lowest BCUT2D eigenvalue weighted by molar-refractivity contribution is -0.129. The summed E-state index contributed by atoms with van der Waals surface area (Å²) in [5.41, 5.74) is 1.24. The van der Waals surface area contributed by atoms with E-state index >= 15 is 0 Å². The summed E-state index contributed by atoms with van der Waals surface area (Å²) in [6.07, 6.45) is 1.47. The van der Waals surface area contributed by atoms with Gasteiger partial charge in [-0.25, -0.2) is 14.6 Å². The lowest BCUT2D eigenvalue weighted by Crippen LogP contribution is -2.10. The molecule has 0 saturated heterocycles. The molecule has 0 bridgehead atoms. The van der Waals surface area contributed by atoms with E-state index in [1.807, 2.05) is 0 Å². The number of carbonyl (C=O) groups is 2. The predicted molar refractivity (Wildman–Crippen MR) is 138 cm³/mol. The van der Waals surface area contributed by atoms with E-state index in [-0.39, 0.29) is 17.3 Å². The van der Waals surface area contributed by atoms with E-state index in [2.05, 4.69) is 52.8 Å². The van der Waals surface area contributed by atoms with Gasteiger partial charge in [0.05, 0.1) is 20.6 Å². The van der Waals surface area contributed by atoms with E-state index in [0.717, 1.165) is 4.47 Å². The van der Waals surface area contributed by atoms with Crippen molar-refractivity contribution >= 4 is 94.9 Å². The number of ether oxygens (including phenoxy) is 2. The number of carbonyl (C=O) groups excluding carboxylic acids is 2. The normalized spacial score (nSPS) is 14.3. The molecular weight excluding hydrogens is 665 g/mol. The van der Waals surface area contributed by atoms with E-state index in [1.54, 1.807) is 48.5 Å². The van der Waals surface area contributed by atoms with Crippen molar-refractivity contribution < 1.29 is 19.1 Å². The molecule has 0 amide bonds. The largest absolute Gasteiger partial charge is 0.421 e. The summed E-state index contributed by atoms with van der Waals surface area (Å²) >= 11 is 22.3. The molecule has 10 heteroatoms. The lowest BCUT2D eigenvalue weighted by atomic mass is 10.1. The summed E-state index contributed by atoms with van der Waals surface area (Å²) in [5.74, 6) is -0.955. The van der Waals surface area contributed by atoms with Gasteiger partial charge in [-0.3, -0.25) is 0 Å². The van der Waals surface area contributed by atoms with Crippen molar-refractivity contribution in [2.75, 3.05) is 0 Å². The van der Waals surface area contributed by atoms with E-state index in [0.29, 0.717) is 35.7 Å². The zero-order valence-corrected chi connectivity index (χ0v) is 22.5. The monoisotopic (exact) mass is 671 g/mol. The van der Waals surface area contributed by atoms with Crippen LogP contribution in [0.25, 0.3) is 6.08 Å². The third-order valence-corrected chi connectivity index (χ3v) is 6.51. The molecule has 0 atom stereocenters. The molecule has 3 aromatic rings. The number of aliphatic imine (C=N–C) groups is 1. The number of halogens is 5. The highest BCUT2D eigenvalue weighted by Crippen LogP contribution is 2.36. The Morgan fingerprint density at radius 2 is 1.70 bits per heavy atom. The van der Waals surface area contributed by atoms with Crippen LogP contribution in [0.3, 0.4) is 0 Å². The standard InChI is InChI=1S/C23H10Br3Cl2NO4/c24-13-3-1-11(2-4-13)22(30)32-20-12(7-14(25)9-17(20)26)8-19-23(31)33-21(29-19)16-6-5-15(27)10-18(16)28/h1-10H/b19-8-. The van der Waals surface area contributed by atoms with Gasteiger partial charge in [0, 0.05) is 19.5 Å². The fourth-order valence-corrected chi connectivity index (χ4v) is 4.96. The Balaban J connectivity index is 1.71. The van der Waals surface area contributed by atoms with Crippen molar-refractivity contribution in [3.63, 3.8) is 0 Å². The second-order valence-corrected chi connectivity index (χ2v) is 10.2. The van der Waals surface area contributed by atoms with Crippen LogP contribution in [0.15, 0.2) is 78.7 Å².